The SMILES string of the molecule is CCN(CC)C(=O)c1ccc(N)c(N)c1. The first-order chi connectivity index (χ1) is 7.10. The highest BCUT2D eigenvalue weighted by atomic mass is 16.2. The number of carbonyl (C=O) groups is 1. The molecular weight excluding hydrogens is 190 g/mol. The Morgan fingerprint density at radius 3 is 2.27 bits per heavy atom. The van der Waals surface area contributed by atoms with Crippen molar-refractivity contribution in [2.45, 2.75) is 13.8 Å². The van der Waals surface area contributed by atoms with E-state index in [9.17, 15) is 4.79 Å². The summed E-state index contributed by atoms with van der Waals surface area (Å²) in [6.07, 6.45) is 0. The van der Waals surface area contributed by atoms with Gasteiger partial charge in [-0.3, -0.25) is 4.79 Å². The van der Waals surface area contributed by atoms with Crippen molar-refractivity contribution in [3.8, 4) is 0 Å². The topological polar surface area (TPSA) is 72.3 Å². The standard InChI is InChI=1S/C11H17N3O/c1-3-14(4-2)11(15)8-5-6-9(12)10(13)7-8/h5-7H,3-4,12-13H2,1-2H3. The molecule has 82 valence electrons. The molecule has 4 heteroatoms. The second-order valence-corrected chi connectivity index (χ2v) is 3.32. The van der Waals surface area contributed by atoms with Crippen LogP contribution in [0.3, 0.4) is 0 Å². The molecule has 0 heterocycles. The fourth-order valence-corrected chi connectivity index (χ4v) is 1.40. The summed E-state index contributed by atoms with van der Waals surface area (Å²) in [6.45, 7) is 5.28. The molecule has 0 aliphatic heterocycles. The van der Waals surface area contributed by atoms with Crippen LogP contribution in [0, 0.1) is 0 Å². The van der Waals surface area contributed by atoms with Crippen molar-refractivity contribution in [1.29, 1.82) is 0 Å². The van der Waals surface area contributed by atoms with Gasteiger partial charge in [-0.05, 0) is 32.0 Å². The van der Waals surface area contributed by atoms with Gasteiger partial charge in [0.1, 0.15) is 0 Å². The average molecular weight is 207 g/mol. The number of nitrogen functional groups attached to an aromatic ring is 2. The van der Waals surface area contributed by atoms with Gasteiger partial charge in [0.25, 0.3) is 5.91 Å². The van der Waals surface area contributed by atoms with E-state index in [-0.39, 0.29) is 5.91 Å². The third kappa shape index (κ3) is 2.40. The Balaban J connectivity index is 2.96. The number of amides is 1. The van der Waals surface area contributed by atoms with Crippen molar-refractivity contribution in [1.82, 2.24) is 4.90 Å². The van der Waals surface area contributed by atoms with Crippen molar-refractivity contribution >= 4 is 17.3 Å². The highest BCUT2D eigenvalue weighted by Crippen LogP contribution is 2.17. The second kappa shape index (κ2) is 4.68. The zero-order valence-electron chi connectivity index (χ0n) is 9.16. The second-order valence-electron chi connectivity index (χ2n) is 3.32. The van der Waals surface area contributed by atoms with Crippen LogP contribution in [0.5, 0.6) is 0 Å². The first-order valence-corrected chi connectivity index (χ1v) is 5.04. The number of nitrogens with two attached hydrogens (primary N) is 2. The Bertz CT molecular complexity index is 359. The van der Waals surface area contributed by atoms with Crippen molar-refractivity contribution in [3.05, 3.63) is 23.8 Å². The number of carbonyl (C=O) groups excluding carboxylic acids is 1. The molecule has 0 fully saturated rings. The number of benzene rings is 1. The van der Waals surface area contributed by atoms with Crippen molar-refractivity contribution in [3.63, 3.8) is 0 Å². The summed E-state index contributed by atoms with van der Waals surface area (Å²) in [5, 5.41) is 0. The van der Waals surface area contributed by atoms with Crippen LogP contribution in [0.25, 0.3) is 0 Å². The molecule has 0 unspecified atom stereocenters. The molecule has 0 aliphatic rings. The lowest BCUT2D eigenvalue weighted by atomic mass is 10.1. The number of hydrogen-bond acceptors (Lipinski definition) is 3. The van der Waals surface area contributed by atoms with E-state index in [1.807, 2.05) is 13.8 Å². The third-order valence-corrected chi connectivity index (χ3v) is 2.38. The van der Waals surface area contributed by atoms with Gasteiger partial charge < -0.3 is 16.4 Å². The Morgan fingerprint density at radius 2 is 1.80 bits per heavy atom. The molecule has 1 rings (SSSR count). The summed E-state index contributed by atoms with van der Waals surface area (Å²) >= 11 is 0. The summed E-state index contributed by atoms with van der Waals surface area (Å²) in [5.41, 5.74) is 12.8. The van der Waals surface area contributed by atoms with Gasteiger partial charge in [-0.15, -0.1) is 0 Å². The maximum Gasteiger partial charge on any atom is 0.253 e. The van der Waals surface area contributed by atoms with E-state index < -0.39 is 0 Å². The zero-order valence-corrected chi connectivity index (χ0v) is 9.16. The van der Waals surface area contributed by atoms with Gasteiger partial charge in [0.2, 0.25) is 0 Å². The summed E-state index contributed by atoms with van der Waals surface area (Å²) in [7, 11) is 0. The van der Waals surface area contributed by atoms with E-state index in [1.54, 1.807) is 23.1 Å². The molecule has 0 saturated heterocycles. The lowest BCUT2D eigenvalue weighted by molar-refractivity contribution is 0.0773. The van der Waals surface area contributed by atoms with Gasteiger partial charge in [0.05, 0.1) is 11.4 Å². The van der Waals surface area contributed by atoms with Gasteiger partial charge in [0.15, 0.2) is 0 Å². The minimum absolute atomic E-state index is 0.00769. The van der Waals surface area contributed by atoms with E-state index in [4.69, 9.17) is 11.5 Å². The van der Waals surface area contributed by atoms with E-state index >= 15 is 0 Å². The molecule has 15 heavy (non-hydrogen) atoms. The lowest BCUT2D eigenvalue weighted by Crippen LogP contribution is -2.30. The van der Waals surface area contributed by atoms with Crippen LogP contribution >= 0.6 is 0 Å². The molecule has 0 spiro atoms. The zero-order chi connectivity index (χ0) is 11.4. The minimum atomic E-state index is -0.00769. The Labute approximate surface area is 89.9 Å². The maximum absolute atomic E-state index is 11.9. The predicted molar refractivity (Wildman–Crippen MR) is 62.5 cm³/mol. The Hall–Kier alpha value is -1.71. The van der Waals surface area contributed by atoms with Crippen LogP contribution in [-0.4, -0.2) is 23.9 Å². The van der Waals surface area contributed by atoms with Crippen LogP contribution in [0.4, 0.5) is 11.4 Å². The van der Waals surface area contributed by atoms with E-state index in [1.165, 1.54) is 0 Å². The van der Waals surface area contributed by atoms with Crippen LogP contribution < -0.4 is 11.5 Å². The molecule has 0 radical (unpaired) electrons. The first-order valence-electron chi connectivity index (χ1n) is 5.04. The molecule has 4 N–H and O–H groups in total. The number of anilines is 2. The number of rotatable bonds is 3. The molecule has 0 aliphatic carbocycles. The predicted octanol–water partition coefficient (Wildman–Crippen LogP) is 1.33. The van der Waals surface area contributed by atoms with E-state index in [0.717, 1.165) is 0 Å². The number of hydrogen-bond donors (Lipinski definition) is 2. The van der Waals surface area contributed by atoms with Crippen molar-refractivity contribution in [2.75, 3.05) is 24.6 Å². The summed E-state index contributed by atoms with van der Waals surface area (Å²) in [4.78, 5) is 13.6. The fraction of sp³-hybridized carbons (Fsp3) is 0.364. The molecule has 0 saturated carbocycles. The van der Waals surface area contributed by atoms with Gasteiger partial charge in [-0.25, -0.2) is 0 Å². The van der Waals surface area contributed by atoms with Crippen LogP contribution in [0.1, 0.15) is 24.2 Å². The van der Waals surface area contributed by atoms with Gasteiger partial charge in [-0.1, -0.05) is 0 Å². The molecule has 1 aromatic rings. The van der Waals surface area contributed by atoms with Gasteiger partial charge >= 0.3 is 0 Å². The summed E-state index contributed by atoms with van der Waals surface area (Å²) in [6, 6.07) is 4.98. The first kappa shape index (κ1) is 11.4. The highest BCUT2D eigenvalue weighted by molar-refractivity contribution is 5.96. The Morgan fingerprint density at radius 1 is 1.20 bits per heavy atom. The third-order valence-electron chi connectivity index (χ3n) is 2.38. The van der Waals surface area contributed by atoms with Gasteiger partial charge in [0, 0.05) is 18.7 Å². The Kier molecular flexibility index (Phi) is 3.55. The molecule has 4 nitrogen and oxygen atoms in total. The molecule has 1 aromatic carbocycles. The summed E-state index contributed by atoms with van der Waals surface area (Å²) in [5.74, 6) is -0.00769. The molecule has 1 amide bonds. The van der Waals surface area contributed by atoms with Crippen molar-refractivity contribution in [2.24, 2.45) is 0 Å². The average Bonchev–Trinajstić information content (AvgIpc) is 2.23. The highest BCUT2D eigenvalue weighted by Gasteiger charge is 2.12. The minimum Gasteiger partial charge on any atom is -0.397 e. The summed E-state index contributed by atoms with van der Waals surface area (Å²) < 4.78 is 0. The molecule has 0 atom stereocenters. The van der Waals surface area contributed by atoms with Crippen LogP contribution in [0.2, 0.25) is 0 Å². The quantitative estimate of drug-likeness (QED) is 0.734. The molecule has 0 bridgehead atoms. The number of nitrogens with zero attached hydrogens (tertiary/aromatic N) is 1. The van der Waals surface area contributed by atoms with E-state index in [2.05, 4.69) is 0 Å². The van der Waals surface area contributed by atoms with Crippen molar-refractivity contribution < 1.29 is 4.79 Å². The maximum atomic E-state index is 11.9. The largest absolute Gasteiger partial charge is 0.397 e. The normalized spacial score (nSPS) is 10.0. The monoisotopic (exact) mass is 207 g/mol. The van der Waals surface area contributed by atoms with Gasteiger partial charge in [-0.2, -0.15) is 0 Å². The smallest absolute Gasteiger partial charge is 0.253 e. The van der Waals surface area contributed by atoms with Crippen LogP contribution in [0.15, 0.2) is 18.2 Å². The molecule has 0 aromatic heterocycles. The van der Waals surface area contributed by atoms with Crippen LogP contribution in [-0.2, 0) is 0 Å². The lowest BCUT2D eigenvalue weighted by Gasteiger charge is -2.18. The fourth-order valence-electron chi connectivity index (χ4n) is 1.40. The van der Waals surface area contributed by atoms with E-state index in [0.29, 0.717) is 30.0 Å². The molecular formula is C11H17N3O.